The maximum absolute atomic E-state index is 12.4. The van der Waals surface area contributed by atoms with Gasteiger partial charge in [-0.15, -0.1) is 0 Å². The van der Waals surface area contributed by atoms with Crippen molar-refractivity contribution < 1.29 is 9.90 Å². The maximum atomic E-state index is 12.4. The summed E-state index contributed by atoms with van der Waals surface area (Å²) in [5.41, 5.74) is 0.883. The fourth-order valence-corrected chi connectivity index (χ4v) is 2.33. The van der Waals surface area contributed by atoms with Crippen molar-refractivity contribution in [1.82, 2.24) is 14.7 Å². The molecular weight excluding hydrogens is 242 g/mol. The molecule has 1 fully saturated rings. The molecule has 0 aliphatic carbocycles. The van der Waals surface area contributed by atoms with Gasteiger partial charge >= 0.3 is 0 Å². The first kappa shape index (κ1) is 14.1. The Morgan fingerprint density at radius 1 is 1.47 bits per heavy atom. The number of hydrogen-bond acceptors (Lipinski definition) is 3. The van der Waals surface area contributed by atoms with E-state index in [2.05, 4.69) is 18.9 Å². The summed E-state index contributed by atoms with van der Waals surface area (Å²) in [4.78, 5) is 14.1. The molecule has 0 atom stereocenters. The topological polar surface area (TPSA) is 58.4 Å². The van der Waals surface area contributed by atoms with Crippen LogP contribution in [0.4, 0.5) is 0 Å². The average molecular weight is 265 g/mol. The third-order valence-electron chi connectivity index (χ3n) is 3.82. The maximum Gasteiger partial charge on any atom is 0.272 e. The smallest absolute Gasteiger partial charge is 0.272 e. The van der Waals surface area contributed by atoms with Crippen molar-refractivity contribution in [2.45, 2.75) is 52.2 Å². The first-order valence-corrected chi connectivity index (χ1v) is 6.99. The fourth-order valence-electron chi connectivity index (χ4n) is 2.33. The van der Waals surface area contributed by atoms with E-state index < -0.39 is 5.60 Å². The average Bonchev–Trinajstić information content (AvgIpc) is 2.78. The number of amides is 1. The van der Waals surface area contributed by atoms with E-state index in [4.69, 9.17) is 0 Å². The molecule has 1 aliphatic heterocycles. The second-order valence-corrected chi connectivity index (χ2v) is 5.66. The molecule has 1 N–H and O–H groups in total. The van der Waals surface area contributed by atoms with E-state index in [1.54, 1.807) is 9.58 Å². The highest BCUT2D eigenvalue weighted by Crippen LogP contribution is 2.26. The molecule has 106 valence electrons. The zero-order chi connectivity index (χ0) is 14.2. The van der Waals surface area contributed by atoms with Crippen LogP contribution in [0.5, 0.6) is 0 Å². The van der Waals surface area contributed by atoms with Gasteiger partial charge in [0, 0.05) is 6.54 Å². The summed E-state index contributed by atoms with van der Waals surface area (Å²) in [6, 6.07) is 1.87. The Bertz CT molecular complexity index is 473. The molecule has 5 heteroatoms. The minimum absolute atomic E-state index is 0.0284. The molecule has 2 heterocycles. The highest BCUT2D eigenvalue weighted by molar-refractivity contribution is 5.93. The van der Waals surface area contributed by atoms with E-state index in [0.717, 1.165) is 5.69 Å². The summed E-state index contributed by atoms with van der Waals surface area (Å²) in [5.74, 6) is 0.280. The van der Waals surface area contributed by atoms with Crippen molar-refractivity contribution in [2.24, 2.45) is 0 Å². The lowest BCUT2D eigenvalue weighted by molar-refractivity contribution is -0.0829. The SMILES string of the molecule is CCn1nc(C(C)C)cc1C(=O)N1CC(O)(CC)C1. The lowest BCUT2D eigenvalue weighted by atomic mass is 9.91. The van der Waals surface area contributed by atoms with Gasteiger partial charge < -0.3 is 10.0 Å². The number of aryl methyl sites for hydroxylation is 1. The van der Waals surface area contributed by atoms with Crippen molar-refractivity contribution in [3.8, 4) is 0 Å². The van der Waals surface area contributed by atoms with Crippen molar-refractivity contribution in [3.05, 3.63) is 17.5 Å². The first-order chi connectivity index (χ1) is 8.90. The van der Waals surface area contributed by atoms with E-state index in [1.807, 2.05) is 19.9 Å². The van der Waals surface area contributed by atoms with Gasteiger partial charge in [0.15, 0.2) is 0 Å². The normalized spacial score (nSPS) is 17.7. The van der Waals surface area contributed by atoms with Crippen LogP contribution >= 0.6 is 0 Å². The van der Waals surface area contributed by atoms with Gasteiger partial charge in [-0.2, -0.15) is 5.10 Å². The number of nitrogens with zero attached hydrogens (tertiary/aromatic N) is 3. The molecule has 1 amide bonds. The molecule has 2 rings (SSSR count). The predicted octanol–water partition coefficient (Wildman–Crippen LogP) is 1.62. The Morgan fingerprint density at radius 3 is 2.58 bits per heavy atom. The zero-order valence-electron chi connectivity index (χ0n) is 12.2. The minimum atomic E-state index is -0.687. The van der Waals surface area contributed by atoms with Crippen LogP contribution in [0.1, 0.15) is 56.2 Å². The van der Waals surface area contributed by atoms with Gasteiger partial charge in [0.2, 0.25) is 0 Å². The molecule has 0 bridgehead atoms. The Morgan fingerprint density at radius 2 is 2.11 bits per heavy atom. The van der Waals surface area contributed by atoms with Crippen molar-refractivity contribution in [2.75, 3.05) is 13.1 Å². The molecule has 0 unspecified atom stereocenters. The van der Waals surface area contributed by atoms with Gasteiger partial charge in [-0.05, 0) is 25.3 Å². The highest BCUT2D eigenvalue weighted by Gasteiger charge is 2.43. The van der Waals surface area contributed by atoms with Gasteiger partial charge in [-0.1, -0.05) is 20.8 Å². The Balaban J connectivity index is 2.16. The Labute approximate surface area is 114 Å². The summed E-state index contributed by atoms with van der Waals surface area (Å²) >= 11 is 0. The summed E-state index contributed by atoms with van der Waals surface area (Å²) in [7, 11) is 0. The molecule has 1 aromatic rings. The number of aliphatic hydroxyl groups is 1. The third kappa shape index (κ3) is 2.52. The molecule has 1 saturated heterocycles. The van der Waals surface area contributed by atoms with E-state index in [1.165, 1.54) is 0 Å². The molecular formula is C14H23N3O2. The summed E-state index contributed by atoms with van der Waals surface area (Å²) in [5, 5.41) is 14.4. The predicted molar refractivity (Wildman–Crippen MR) is 73.1 cm³/mol. The lowest BCUT2D eigenvalue weighted by Crippen LogP contribution is -2.63. The number of carbonyl (C=O) groups is 1. The van der Waals surface area contributed by atoms with Gasteiger partial charge in [-0.3, -0.25) is 9.48 Å². The quantitative estimate of drug-likeness (QED) is 0.900. The second-order valence-electron chi connectivity index (χ2n) is 5.66. The number of likely N-dealkylation sites (tertiary alicyclic amines) is 1. The molecule has 1 aromatic heterocycles. The largest absolute Gasteiger partial charge is 0.386 e. The molecule has 0 spiro atoms. The van der Waals surface area contributed by atoms with Gasteiger partial charge in [-0.25, -0.2) is 0 Å². The Kier molecular flexibility index (Phi) is 3.67. The number of hydrogen-bond donors (Lipinski definition) is 1. The highest BCUT2D eigenvalue weighted by atomic mass is 16.3. The second kappa shape index (κ2) is 4.96. The third-order valence-corrected chi connectivity index (χ3v) is 3.82. The van der Waals surface area contributed by atoms with E-state index >= 15 is 0 Å². The molecule has 0 radical (unpaired) electrons. The zero-order valence-corrected chi connectivity index (χ0v) is 12.2. The van der Waals surface area contributed by atoms with Crippen LogP contribution in [0.15, 0.2) is 6.07 Å². The monoisotopic (exact) mass is 265 g/mol. The van der Waals surface area contributed by atoms with Crippen LogP contribution in [0, 0.1) is 0 Å². The first-order valence-electron chi connectivity index (χ1n) is 6.99. The number of rotatable bonds is 4. The molecule has 0 aromatic carbocycles. The number of β-amino-alcohol motifs (C(OH)–C–C–N with tert-alkyl or cyclic N) is 1. The Hall–Kier alpha value is -1.36. The van der Waals surface area contributed by atoms with E-state index in [0.29, 0.717) is 37.7 Å². The van der Waals surface area contributed by atoms with Crippen molar-refractivity contribution in [3.63, 3.8) is 0 Å². The summed E-state index contributed by atoms with van der Waals surface area (Å²) in [6.45, 7) is 9.58. The van der Waals surface area contributed by atoms with E-state index in [9.17, 15) is 9.90 Å². The van der Waals surface area contributed by atoms with Crippen molar-refractivity contribution in [1.29, 1.82) is 0 Å². The molecule has 19 heavy (non-hydrogen) atoms. The van der Waals surface area contributed by atoms with Crippen LogP contribution < -0.4 is 0 Å². The van der Waals surface area contributed by atoms with Gasteiger partial charge in [0.1, 0.15) is 5.69 Å². The summed E-state index contributed by atoms with van der Waals surface area (Å²) < 4.78 is 1.75. The summed E-state index contributed by atoms with van der Waals surface area (Å²) in [6.07, 6.45) is 0.682. The van der Waals surface area contributed by atoms with Crippen LogP contribution in [-0.4, -0.2) is 44.4 Å². The minimum Gasteiger partial charge on any atom is -0.386 e. The lowest BCUT2D eigenvalue weighted by Gasteiger charge is -2.45. The standard InChI is InChI=1S/C14H23N3O2/c1-5-14(19)8-16(9-14)13(18)12-7-11(10(3)4)15-17(12)6-2/h7,10,19H,5-6,8-9H2,1-4H3. The molecule has 0 saturated carbocycles. The molecule has 1 aliphatic rings. The van der Waals surface area contributed by atoms with Crippen LogP contribution in [0.2, 0.25) is 0 Å². The molecule has 5 nitrogen and oxygen atoms in total. The van der Waals surface area contributed by atoms with E-state index in [-0.39, 0.29) is 5.91 Å². The number of carbonyl (C=O) groups excluding carboxylic acids is 1. The van der Waals surface area contributed by atoms with Crippen LogP contribution in [-0.2, 0) is 6.54 Å². The number of aromatic nitrogens is 2. The van der Waals surface area contributed by atoms with Gasteiger partial charge in [0.25, 0.3) is 5.91 Å². The van der Waals surface area contributed by atoms with Crippen LogP contribution in [0.25, 0.3) is 0 Å². The van der Waals surface area contributed by atoms with Gasteiger partial charge in [0.05, 0.1) is 24.4 Å². The van der Waals surface area contributed by atoms with Crippen molar-refractivity contribution >= 4 is 5.91 Å². The fraction of sp³-hybridized carbons (Fsp3) is 0.714. The van der Waals surface area contributed by atoms with Crippen LogP contribution in [0.3, 0.4) is 0 Å².